The zero-order valence-corrected chi connectivity index (χ0v) is 15.2. The molecule has 7 heteroatoms. The maximum Gasteiger partial charge on any atom is 0.247 e. The van der Waals surface area contributed by atoms with Crippen molar-refractivity contribution in [3.63, 3.8) is 0 Å². The second-order valence-corrected chi connectivity index (χ2v) is 7.36. The molecule has 0 unspecified atom stereocenters. The fraction of sp³-hybridized carbons (Fsp3) is 0.176. The molecule has 3 aliphatic rings. The van der Waals surface area contributed by atoms with E-state index in [4.69, 9.17) is 0 Å². The Bertz CT molecular complexity index is 797. The number of hydrogen-bond acceptors (Lipinski definition) is 5. The SMILES string of the molecule is O=C(CC1=CC2=CNSN2C=C1)N1CCC(c2ccc(Br)cc2)=N1. The van der Waals surface area contributed by atoms with Crippen molar-refractivity contribution in [2.75, 3.05) is 6.54 Å². The normalized spacial score (nSPS) is 18.8. The molecule has 1 N–H and O–H groups in total. The third-order valence-corrected chi connectivity index (χ3v) is 5.27. The minimum atomic E-state index is 0.0330. The van der Waals surface area contributed by atoms with Crippen molar-refractivity contribution >= 4 is 39.7 Å². The van der Waals surface area contributed by atoms with Crippen LogP contribution in [0.1, 0.15) is 18.4 Å². The van der Waals surface area contributed by atoms with Crippen LogP contribution in [0, 0.1) is 0 Å². The lowest BCUT2D eigenvalue weighted by molar-refractivity contribution is -0.129. The molecule has 0 spiro atoms. The molecule has 0 saturated heterocycles. The van der Waals surface area contributed by atoms with Gasteiger partial charge in [-0.2, -0.15) is 5.10 Å². The lowest BCUT2D eigenvalue weighted by Crippen LogP contribution is -2.23. The summed E-state index contributed by atoms with van der Waals surface area (Å²) in [5, 5.41) is 6.10. The molecule has 0 bridgehead atoms. The third kappa shape index (κ3) is 3.14. The van der Waals surface area contributed by atoms with Gasteiger partial charge in [0, 0.05) is 23.3 Å². The first-order chi connectivity index (χ1) is 11.7. The number of hydrazone groups is 1. The van der Waals surface area contributed by atoms with Gasteiger partial charge in [-0.3, -0.25) is 9.10 Å². The highest BCUT2D eigenvalue weighted by Gasteiger charge is 2.23. The van der Waals surface area contributed by atoms with E-state index in [2.05, 4.69) is 25.8 Å². The standard InChI is InChI=1S/C17H15BrN4OS/c18-14-3-1-13(2-4-14)16-6-7-21(20-16)17(23)10-12-5-8-22-15(9-12)11-19-24-22/h1-5,8-9,11,19H,6-7,10H2. The summed E-state index contributed by atoms with van der Waals surface area (Å²) in [4.78, 5) is 12.5. The molecule has 0 aliphatic carbocycles. The number of benzene rings is 1. The number of hydrogen-bond donors (Lipinski definition) is 1. The zero-order valence-electron chi connectivity index (χ0n) is 12.8. The molecule has 0 radical (unpaired) electrons. The van der Waals surface area contributed by atoms with E-state index in [1.165, 1.54) is 12.1 Å². The second kappa shape index (κ2) is 6.49. The van der Waals surface area contributed by atoms with Gasteiger partial charge < -0.3 is 4.72 Å². The summed E-state index contributed by atoms with van der Waals surface area (Å²) < 4.78 is 6.15. The predicted octanol–water partition coefficient (Wildman–Crippen LogP) is 3.54. The van der Waals surface area contributed by atoms with Crippen LogP contribution in [0.2, 0.25) is 0 Å². The lowest BCUT2D eigenvalue weighted by Gasteiger charge is -2.18. The number of amides is 1. The van der Waals surface area contributed by atoms with Crippen molar-refractivity contribution in [1.29, 1.82) is 0 Å². The summed E-state index contributed by atoms with van der Waals surface area (Å²) >= 11 is 4.94. The van der Waals surface area contributed by atoms with Gasteiger partial charge in [0.05, 0.1) is 36.5 Å². The minimum absolute atomic E-state index is 0.0330. The van der Waals surface area contributed by atoms with Gasteiger partial charge in [0.1, 0.15) is 0 Å². The van der Waals surface area contributed by atoms with Gasteiger partial charge in [0.15, 0.2) is 0 Å². The highest BCUT2D eigenvalue weighted by Crippen LogP contribution is 2.29. The molecule has 1 aromatic carbocycles. The van der Waals surface area contributed by atoms with Crippen LogP contribution in [0.25, 0.3) is 0 Å². The number of rotatable bonds is 3. The minimum Gasteiger partial charge on any atom is -0.316 e. The fourth-order valence-corrected chi connectivity index (χ4v) is 3.63. The predicted molar refractivity (Wildman–Crippen MR) is 99.5 cm³/mol. The Morgan fingerprint density at radius 1 is 1.33 bits per heavy atom. The van der Waals surface area contributed by atoms with Crippen molar-refractivity contribution in [3.8, 4) is 0 Å². The number of fused-ring (bicyclic) bond motifs is 1. The van der Waals surface area contributed by atoms with Gasteiger partial charge in [-0.25, -0.2) is 5.01 Å². The fourth-order valence-electron chi connectivity index (χ4n) is 2.74. The quantitative estimate of drug-likeness (QED) is 0.785. The molecule has 3 aliphatic heterocycles. The number of halogens is 1. The van der Waals surface area contributed by atoms with Gasteiger partial charge in [-0.15, -0.1) is 0 Å². The molecular weight excluding hydrogens is 388 g/mol. The van der Waals surface area contributed by atoms with Crippen molar-refractivity contribution < 1.29 is 4.79 Å². The van der Waals surface area contributed by atoms with Crippen molar-refractivity contribution in [1.82, 2.24) is 14.0 Å². The van der Waals surface area contributed by atoms with Crippen molar-refractivity contribution in [2.24, 2.45) is 5.10 Å². The average Bonchev–Trinajstić information content (AvgIpc) is 3.24. The molecule has 5 nitrogen and oxygen atoms in total. The van der Waals surface area contributed by atoms with E-state index in [1.807, 2.05) is 53.1 Å². The van der Waals surface area contributed by atoms with Crippen LogP contribution in [0.4, 0.5) is 0 Å². The Balaban J connectivity index is 1.44. The topological polar surface area (TPSA) is 47.9 Å². The highest BCUT2D eigenvalue weighted by atomic mass is 79.9. The van der Waals surface area contributed by atoms with Crippen LogP contribution in [0.5, 0.6) is 0 Å². The molecule has 1 amide bonds. The van der Waals surface area contributed by atoms with Crippen LogP contribution >= 0.6 is 28.1 Å². The second-order valence-electron chi connectivity index (χ2n) is 5.64. The molecule has 24 heavy (non-hydrogen) atoms. The monoisotopic (exact) mass is 402 g/mol. The molecule has 122 valence electrons. The number of carbonyl (C=O) groups excluding carboxylic acids is 1. The van der Waals surface area contributed by atoms with Crippen molar-refractivity contribution in [3.05, 3.63) is 70.1 Å². The van der Waals surface area contributed by atoms with Crippen LogP contribution in [0.15, 0.2) is 69.7 Å². The van der Waals surface area contributed by atoms with Crippen LogP contribution in [-0.2, 0) is 4.79 Å². The smallest absolute Gasteiger partial charge is 0.247 e. The third-order valence-electron chi connectivity index (χ3n) is 3.99. The maximum atomic E-state index is 12.5. The van der Waals surface area contributed by atoms with Gasteiger partial charge in [0.2, 0.25) is 5.91 Å². The molecule has 0 aromatic heterocycles. The largest absolute Gasteiger partial charge is 0.316 e. The van der Waals surface area contributed by atoms with Crippen molar-refractivity contribution in [2.45, 2.75) is 12.8 Å². The van der Waals surface area contributed by atoms with Crippen LogP contribution in [-0.4, -0.2) is 27.5 Å². The van der Waals surface area contributed by atoms with Gasteiger partial charge in [-0.1, -0.05) is 28.1 Å². The van der Waals surface area contributed by atoms with E-state index >= 15 is 0 Å². The van der Waals surface area contributed by atoms with Crippen LogP contribution < -0.4 is 4.72 Å². The number of allylic oxidation sites excluding steroid dienone is 2. The summed E-state index contributed by atoms with van der Waals surface area (Å²) in [7, 11) is 0. The lowest BCUT2D eigenvalue weighted by atomic mass is 10.1. The first kappa shape index (κ1) is 15.5. The van der Waals surface area contributed by atoms with E-state index in [-0.39, 0.29) is 5.91 Å². The Labute approximate surface area is 153 Å². The van der Waals surface area contributed by atoms with Gasteiger partial charge in [-0.05, 0) is 35.4 Å². The molecule has 0 fully saturated rings. The number of nitrogens with zero attached hydrogens (tertiary/aromatic N) is 3. The molecule has 4 rings (SSSR count). The molecule has 0 atom stereocenters. The van der Waals surface area contributed by atoms with E-state index < -0.39 is 0 Å². The molecular formula is C17H15BrN4OS. The van der Waals surface area contributed by atoms with E-state index in [1.54, 1.807) is 5.01 Å². The van der Waals surface area contributed by atoms with Crippen LogP contribution in [0.3, 0.4) is 0 Å². The summed E-state index contributed by atoms with van der Waals surface area (Å²) in [6.45, 7) is 0.646. The first-order valence-corrected chi connectivity index (χ1v) is 9.20. The number of carbonyl (C=O) groups is 1. The Hall–Kier alpha value is -1.99. The van der Waals surface area contributed by atoms with Gasteiger partial charge in [0.25, 0.3) is 0 Å². The summed E-state index contributed by atoms with van der Waals surface area (Å²) in [5.74, 6) is 0.0330. The Morgan fingerprint density at radius 2 is 2.17 bits per heavy atom. The average molecular weight is 403 g/mol. The molecule has 3 heterocycles. The summed E-state index contributed by atoms with van der Waals surface area (Å²) in [6, 6.07) is 8.03. The van der Waals surface area contributed by atoms with E-state index in [9.17, 15) is 4.79 Å². The molecule has 0 saturated carbocycles. The van der Waals surface area contributed by atoms with E-state index in [0.717, 1.165) is 33.4 Å². The summed E-state index contributed by atoms with van der Waals surface area (Å²) in [6.07, 6.45) is 9.06. The maximum absolute atomic E-state index is 12.5. The zero-order chi connectivity index (χ0) is 16.5. The van der Waals surface area contributed by atoms with E-state index in [0.29, 0.717) is 13.0 Å². The Morgan fingerprint density at radius 3 is 3.00 bits per heavy atom. The van der Waals surface area contributed by atoms with Gasteiger partial charge >= 0.3 is 0 Å². The number of nitrogens with one attached hydrogen (secondary N) is 1. The Kier molecular flexibility index (Phi) is 4.20. The molecule has 1 aromatic rings. The summed E-state index contributed by atoms with van der Waals surface area (Å²) in [5.41, 5.74) is 4.10. The first-order valence-electron chi connectivity index (χ1n) is 7.63. The highest BCUT2D eigenvalue weighted by molar-refractivity contribution is 9.10.